The number of hydrogen-bond donors (Lipinski definition) is 1. The van der Waals surface area contributed by atoms with Gasteiger partial charge in [0.15, 0.2) is 5.76 Å². The highest BCUT2D eigenvalue weighted by molar-refractivity contribution is 6.32. The van der Waals surface area contributed by atoms with Crippen LogP contribution in [0, 0.1) is 0 Å². The maximum absolute atomic E-state index is 6.01. The molecule has 1 N–H and O–H groups in total. The number of rotatable bonds is 6. The predicted octanol–water partition coefficient (Wildman–Crippen LogP) is 3.16. The van der Waals surface area contributed by atoms with Gasteiger partial charge in [-0.25, -0.2) is 0 Å². The highest BCUT2D eigenvalue weighted by Gasteiger charge is 2.20. The fraction of sp³-hybridized carbons (Fsp3) is 0.357. The van der Waals surface area contributed by atoms with Crippen LogP contribution in [0.25, 0.3) is 0 Å². The summed E-state index contributed by atoms with van der Waals surface area (Å²) in [5.74, 6) is 1.35. The molecule has 0 atom stereocenters. The quantitative estimate of drug-likeness (QED) is 0.882. The van der Waals surface area contributed by atoms with Crippen LogP contribution in [0.2, 0.25) is 5.02 Å². The van der Waals surface area contributed by atoms with E-state index >= 15 is 0 Å². The van der Waals surface area contributed by atoms with Gasteiger partial charge in [0.2, 0.25) is 0 Å². The molecule has 4 nitrogen and oxygen atoms in total. The minimum atomic E-state index is 0.333. The van der Waals surface area contributed by atoms with E-state index in [4.69, 9.17) is 20.9 Å². The second-order valence-corrected chi connectivity index (χ2v) is 5.07. The van der Waals surface area contributed by atoms with Crippen LogP contribution in [0.3, 0.4) is 0 Å². The summed E-state index contributed by atoms with van der Waals surface area (Å²) >= 11 is 6.01. The van der Waals surface area contributed by atoms with Crippen molar-refractivity contribution in [1.82, 2.24) is 10.5 Å². The Morgan fingerprint density at radius 1 is 1.37 bits per heavy atom. The molecule has 0 saturated heterocycles. The summed E-state index contributed by atoms with van der Waals surface area (Å²) in [6.45, 7) is 1.08. The lowest BCUT2D eigenvalue weighted by Crippen LogP contribution is -2.15. The van der Waals surface area contributed by atoms with Crippen molar-refractivity contribution in [3.05, 3.63) is 46.8 Å². The van der Waals surface area contributed by atoms with E-state index in [1.165, 1.54) is 12.8 Å². The van der Waals surface area contributed by atoms with Crippen LogP contribution in [0.5, 0.6) is 5.75 Å². The third-order valence-corrected chi connectivity index (χ3v) is 3.28. The smallest absolute Gasteiger partial charge is 0.174 e. The average Bonchev–Trinajstić information content (AvgIpc) is 3.14. The molecule has 1 heterocycles. The van der Waals surface area contributed by atoms with E-state index in [0.29, 0.717) is 29.2 Å². The lowest BCUT2D eigenvalue weighted by molar-refractivity contribution is 0.248. The number of nitrogens with one attached hydrogen (secondary N) is 1. The zero-order valence-corrected chi connectivity index (χ0v) is 11.2. The molecule has 1 aliphatic carbocycles. The zero-order valence-electron chi connectivity index (χ0n) is 10.4. The monoisotopic (exact) mass is 278 g/mol. The molecular formula is C14H15ClN2O2. The van der Waals surface area contributed by atoms with Crippen LogP contribution in [0.15, 0.2) is 34.9 Å². The van der Waals surface area contributed by atoms with Gasteiger partial charge in [-0.3, -0.25) is 0 Å². The Labute approximate surface area is 116 Å². The zero-order chi connectivity index (χ0) is 13.1. The molecule has 0 bridgehead atoms. The molecule has 1 aromatic carbocycles. The second kappa shape index (κ2) is 5.63. The first-order valence-corrected chi connectivity index (χ1v) is 6.74. The summed E-state index contributed by atoms with van der Waals surface area (Å²) in [5.41, 5.74) is 0.907. The summed E-state index contributed by atoms with van der Waals surface area (Å²) in [7, 11) is 0. The summed E-state index contributed by atoms with van der Waals surface area (Å²) < 4.78 is 10.8. The Balaban J connectivity index is 1.53. The molecule has 3 rings (SSSR count). The van der Waals surface area contributed by atoms with Gasteiger partial charge < -0.3 is 14.6 Å². The first kappa shape index (κ1) is 12.5. The van der Waals surface area contributed by atoms with E-state index in [1.54, 1.807) is 6.07 Å². The molecule has 19 heavy (non-hydrogen) atoms. The number of halogens is 1. The predicted molar refractivity (Wildman–Crippen MR) is 72.1 cm³/mol. The minimum absolute atomic E-state index is 0.333. The Bertz CT molecular complexity index is 552. The maximum atomic E-state index is 6.01. The Hall–Kier alpha value is -1.52. The van der Waals surface area contributed by atoms with Crippen LogP contribution in [0.4, 0.5) is 0 Å². The Morgan fingerprint density at radius 2 is 2.21 bits per heavy atom. The number of nitrogens with zero attached hydrogens (tertiary/aromatic N) is 1. The van der Waals surface area contributed by atoms with Gasteiger partial charge in [0.05, 0.1) is 10.7 Å². The molecule has 2 aromatic rings. The Kier molecular flexibility index (Phi) is 3.71. The topological polar surface area (TPSA) is 47.3 Å². The molecule has 1 saturated carbocycles. The van der Waals surface area contributed by atoms with Gasteiger partial charge in [0.25, 0.3) is 0 Å². The standard InChI is InChI=1S/C14H15ClN2O2/c15-13-3-1-2-4-14(13)18-9-12-7-11(17-19-12)8-16-10-5-6-10/h1-4,7,10,16H,5-6,8-9H2. The van der Waals surface area contributed by atoms with Gasteiger partial charge in [-0.05, 0) is 25.0 Å². The van der Waals surface area contributed by atoms with Gasteiger partial charge in [-0.1, -0.05) is 28.9 Å². The first-order valence-electron chi connectivity index (χ1n) is 6.36. The van der Waals surface area contributed by atoms with Crippen molar-refractivity contribution in [2.24, 2.45) is 0 Å². The van der Waals surface area contributed by atoms with Gasteiger partial charge in [-0.2, -0.15) is 0 Å². The third kappa shape index (κ3) is 3.49. The molecule has 1 fully saturated rings. The first-order chi connectivity index (χ1) is 9.31. The highest BCUT2D eigenvalue weighted by Crippen LogP contribution is 2.24. The maximum Gasteiger partial charge on any atom is 0.174 e. The molecule has 100 valence electrons. The van der Waals surface area contributed by atoms with Gasteiger partial charge in [0.1, 0.15) is 12.4 Å². The van der Waals surface area contributed by atoms with Crippen LogP contribution < -0.4 is 10.1 Å². The van der Waals surface area contributed by atoms with Crippen molar-refractivity contribution in [2.75, 3.05) is 0 Å². The highest BCUT2D eigenvalue weighted by atomic mass is 35.5. The molecular weight excluding hydrogens is 264 g/mol. The summed E-state index contributed by atoms with van der Waals surface area (Å²) in [5, 5.41) is 7.98. The average molecular weight is 279 g/mol. The van der Waals surface area contributed by atoms with E-state index in [1.807, 2.05) is 24.3 Å². The van der Waals surface area contributed by atoms with Crippen molar-refractivity contribution >= 4 is 11.6 Å². The molecule has 0 amide bonds. The minimum Gasteiger partial charge on any atom is -0.484 e. The summed E-state index contributed by atoms with van der Waals surface area (Å²) in [6.07, 6.45) is 2.53. The van der Waals surface area contributed by atoms with E-state index in [2.05, 4.69) is 10.5 Å². The molecule has 0 radical (unpaired) electrons. The normalized spacial score (nSPS) is 14.6. The fourth-order valence-electron chi connectivity index (χ4n) is 1.75. The van der Waals surface area contributed by atoms with Crippen molar-refractivity contribution in [3.8, 4) is 5.75 Å². The lowest BCUT2D eigenvalue weighted by atomic mass is 10.3. The molecule has 0 aliphatic heterocycles. The van der Waals surface area contributed by atoms with Crippen LogP contribution in [-0.2, 0) is 13.2 Å². The molecule has 1 aromatic heterocycles. The SMILES string of the molecule is Clc1ccccc1OCc1cc(CNC2CC2)no1. The number of para-hydroxylation sites is 1. The van der Waals surface area contributed by atoms with E-state index < -0.39 is 0 Å². The molecule has 0 spiro atoms. The molecule has 1 aliphatic rings. The van der Waals surface area contributed by atoms with Gasteiger partial charge in [0, 0.05) is 18.7 Å². The second-order valence-electron chi connectivity index (χ2n) is 4.66. The molecule has 0 unspecified atom stereocenters. The lowest BCUT2D eigenvalue weighted by Gasteiger charge is -2.04. The van der Waals surface area contributed by atoms with E-state index in [0.717, 1.165) is 12.2 Å². The van der Waals surface area contributed by atoms with Crippen molar-refractivity contribution in [2.45, 2.75) is 32.0 Å². The number of ether oxygens (including phenoxy) is 1. The summed E-state index contributed by atoms with van der Waals surface area (Å²) in [4.78, 5) is 0. The number of aromatic nitrogens is 1. The van der Waals surface area contributed by atoms with Crippen molar-refractivity contribution in [1.29, 1.82) is 0 Å². The van der Waals surface area contributed by atoms with Gasteiger partial charge >= 0.3 is 0 Å². The van der Waals surface area contributed by atoms with Crippen LogP contribution in [0.1, 0.15) is 24.3 Å². The van der Waals surface area contributed by atoms with Crippen LogP contribution >= 0.6 is 11.6 Å². The summed E-state index contributed by atoms with van der Waals surface area (Å²) in [6, 6.07) is 9.94. The van der Waals surface area contributed by atoms with Crippen molar-refractivity contribution < 1.29 is 9.26 Å². The van der Waals surface area contributed by atoms with E-state index in [-0.39, 0.29) is 0 Å². The third-order valence-electron chi connectivity index (χ3n) is 2.96. The fourth-order valence-corrected chi connectivity index (χ4v) is 1.94. The Morgan fingerprint density at radius 3 is 3.00 bits per heavy atom. The van der Waals surface area contributed by atoms with Crippen LogP contribution in [-0.4, -0.2) is 11.2 Å². The van der Waals surface area contributed by atoms with Crippen molar-refractivity contribution in [3.63, 3.8) is 0 Å². The number of benzene rings is 1. The number of hydrogen-bond acceptors (Lipinski definition) is 4. The molecule has 5 heteroatoms. The largest absolute Gasteiger partial charge is 0.484 e. The van der Waals surface area contributed by atoms with Gasteiger partial charge in [-0.15, -0.1) is 0 Å². The van der Waals surface area contributed by atoms with E-state index in [9.17, 15) is 0 Å².